The standard InChI is InChI=1S/C15H23N3O2/c1-2-20-14-4-3-13(16)9-12(14)10-18-7-5-11(6-8-18)15(17)19/h3-4,9,11H,2,5-8,10,16H2,1H3,(H2,17,19). The predicted octanol–water partition coefficient (Wildman–Crippen LogP) is 1.36. The molecule has 5 nitrogen and oxygen atoms in total. The maximum atomic E-state index is 11.2. The third kappa shape index (κ3) is 3.63. The summed E-state index contributed by atoms with van der Waals surface area (Å²) in [5, 5.41) is 0. The van der Waals surface area contributed by atoms with E-state index >= 15 is 0 Å². The first kappa shape index (κ1) is 14.7. The molecule has 0 atom stereocenters. The number of carbonyl (C=O) groups is 1. The van der Waals surface area contributed by atoms with Crippen LogP contribution in [-0.4, -0.2) is 30.5 Å². The number of hydrogen-bond acceptors (Lipinski definition) is 4. The molecule has 1 heterocycles. The predicted molar refractivity (Wildman–Crippen MR) is 79.2 cm³/mol. The van der Waals surface area contributed by atoms with Gasteiger partial charge in [0.2, 0.25) is 5.91 Å². The van der Waals surface area contributed by atoms with Crippen molar-refractivity contribution in [2.75, 3.05) is 25.4 Å². The second kappa shape index (κ2) is 6.61. The topological polar surface area (TPSA) is 81.6 Å². The minimum absolute atomic E-state index is 0.0263. The first-order valence-electron chi connectivity index (χ1n) is 7.13. The molecule has 20 heavy (non-hydrogen) atoms. The van der Waals surface area contributed by atoms with Gasteiger partial charge in [0, 0.05) is 23.7 Å². The van der Waals surface area contributed by atoms with E-state index in [9.17, 15) is 4.79 Å². The number of amides is 1. The molecule has 0 aliphatic carbocycles. The lowest BCUT2D eigenvalue weighted by Crippen LogP contribution is -2.38. The smallest absolute Gasteiger partial charge is 0.220 e. The SMILES string of the molecule is CCOc1ccc(N)cc1CN1CCC(C(N)=O)CC1. The number of benzene rings is 1. The molecule has 0 saturated carbocycles. The highest BCUT2D eigenvalue weighted by Crippen LogP contribution is 2.25. The van der Waals surface area contributed by atoms with Crippen LogP contribution in [0.4, 0.5) is 5.69 Å². The van der Waals surface area contributed by atoms with Crippen LogP contribution in [0, 0.1) is 5.92 Å². The molecule has 1 aliphatic rings. The summed E-state index contributed by atoms with van der Waals surface area (Å²) in [5.41, 5.74) is 13.1. The number of nitrogens with two attached hydrogens (primary N) is 2. The summed E-state index contributed by atoms with van der Waals surface area (Å²) in [7, 11) is 0. The number of piperidine rings is 1. The van der Waals surface area contributed by atoms with Crippen LogP contribution in [-0.2, 0) is 11.3 Å². The van der Waals surface area contributed by atoms with Crippen molar-refractivity contribution in [2.24, 2.45) is 11.7 Å². The Kier molecular flexibility index (Phi) is 4.84. The van der Waals surface area contributed by atoms with E-state index < -0.39 is 0 Å². The Balaban J connectivity index is 2.00. The molecular weight excluding hydrogens is 254 g/mol. The summed E-state index contributed by atoms with van der Waals surface area (Å²) in [6.07, 6.45) is 1.67. The highest BCUT2D eigenvalue weighted by atomic mass is 16.5. The molecule has 5 heteroatoms. The molecular formula is C15H23N3O2. The molecule has 1 fully saturated rings. The third-order valence-corrected chi connectivity index (χ3v) is 3.77. The number of anilines is 1. The third-order valence-electron chi connectivity index (χ3n) is 3.77. The second-order valence-electron chi connectivity index (χ2n) is 5.25. The van der Waals surface area contributed by atoms with Gasteiger partial charge < -0.3 is 16.2 Å². The van der Waals surface area contributed by atoms with Gasteiger partial charge in [-0.3, -0.25) is 9.69 Å². The van der Waals surface area contributed by atoms with E-state index in [2.05, 4.69) is 4.90 Å². The van der Waals surface area contributed by atoms with E-state index in [-0.39, 0.29) is 11.8 Å². The molecule has 0 unspecified atom stereocenters. The van der Waals surface area contributed by atoms with Gasteiger partial charge in [-0.1, -0.05) is 0 Å². The van der Waals surface area contributed by atoms with Gasteiger partial charge in [0.15, 0.2) is 0 Å². The van der Waals surface area contributed by atoms with Crippen molar-refractivity contribution >= 4 is 11.6 Å². The Bertz CT molecular complexity index is 468. The van der Waals surface area contributed by atoms with E-state index in [1.165, 1.54) is 0 Å². The Morgan fingerprint density at radius 2 is 2.10 bits per heavy atom. The lowest BCUT2D eigenvalue weighted by atomic mass is 9.96. The van der Waals surface area contributed by atoms with E-state index in [1.54, 1.807) is 0 Å². The van der Waals surface area contributed by atoms with Crippen molar-refractivity contribution in [3.05, 3.63) is 23.8 Å². The second-order valence-corrected chi connectivity index (χ2v) is 5.25. The average molecular weight is 277 g/mol. The van der Waals surface area contributed by atoms with Gasteiger partial charge >= 0.3 is 0 Å². The quantitative estimate of drug-likeness (QED) is 0.796. The van der Waals surface area contributed by atoms with Crippen molar-refractivity contribution in [2.45, 2.75) is 26.3 Å². The number of nitrogen functional groups attached to an aromatic ring is 1. The molecule has 0 spiro atoms. The minimum atomic E-state index is -0.177. The highest BCUT2D eigenvalue weighted by Gasteiger charge is 2.23. The van der Waals surface area contributed by atoms with Crippen LogP contribution in [0.2, 0.25) is 0 Å². The van der Waals surface area contributed by atoms with E-state index in [4.69, 9.17) is 16.2 Å². The zero-order valence-electron chi connectivity index (χ0n) is 12.0. The first-order chi connectivity index (χ1) is 9.60. The zero-order valence-corrected chi connectivity index (χ0v) is 12.0. The number of ether oxygens (including phenoxy) is 1. The van der Waals surface area contributed by atoms with Crippen LogP contribution >= 0.6 is 0 Å². The fourth-order valence-corrected chi connectivity index (χ4v) is 2.64. The van der Waals surface area contributed by atoms with Crippen molar-refractivity contribution in [3.63, 3.8) is 0 Å². The van der Waals surface area contributed by atoms with Crippen LogP contribution in [0.5, 0.6) is 5.75 Å². The summed E-state index contributed by atoms with van der Waals surface area (Å²) in [6, 6.07) is 5.74. The number of likely N-dealkylation sites (tertiary alicyclic amines) is 1. The fraction of sp³-hybridized carbons (Fsp3) is 0.533. The number of nitrogens with zero attached hydrogens (tertiary/aromatic N) is 1. The average Bonchev–Trinajstić information content (AvgIpc) is 2.42. The Morgan fingerprint density at radius 1 is 1.40 bits per heavy atom. The summed E-state index contributed by atoms with van der Waals surface area (Å²) in [6.45, 7) is 5.17. The Morgan fingerprint density at radius 3 is 2.70 bits per heavy atom. The molecule has 1 aliphatic heterocycles. The normalized spacial score (nSPS) is 17.1. The van der Waals surface area contributed by atoms with Crippen LogP contribution in [0.3, 0.4) is 0 Å². The fourth-order valence-electron chi connectivity index (χ4n) is 2.64. The summed E-state index contributed by atoms with van der Waals surface area (Å²) >= 11 is 0. The number of rotatable bonds is 5. The van der Waals surface area contributed by atoms with Crippen molar-refractivity contribution in [3.8, 4) is 5.75 Å². The van der Waals surface area contributed by atoms with Crippen molar-refractivity contribution in [1.29, 1.82) is 0 Å². The largest absolute Gasteiger partial charge is 0.494 e. The van der Waals surface area contributed by atoms with E-state index in [1.807, 2.05) is 25.1 Å². The van der Waals surface area contributed by atoms with Crippen LogP contribution in [0.1, 0.15) is 25.3 Å². The zero-order chi connectivity index (χ0) is 14.5. The van der Waals surface area contributed by atoms with E-state index in [0.29, 0.717) is 6.61 Å². The molecule has 0 radical (unpaired) electrons. The van der Waals surface area contributed by atoms with Gasteiger partial charge in [-0.15, -0.1) is 0 Å². The minimum Gasteiger partial charge on any atom is -0.494 e. The molecule has 1 amide bonds. The summed E-state index contributed by atoms with van der Waals surface area (Å²) < 4.78 is 5.64. The molecule has 0 aromatic heterocycles. The molecule has 0 bridgehead atoms. The Hall–Kier alpha value is -1.75. The van der Waals surface area contributed by atoms with Gasteiger partial charge in [0.1, 0.15) is 5.75 Å². The lowest BCUT2D eigenvalue weighted by Gasteiger charge is -2.30. The number of hydrogen-bond donors (Lipinski definition) is 2. The van der Waals surface area contributed by atoms with Gasteiger partial charge in [0.05, 0.1) is 6.61 Å². The molecule has 110 valence electrons. The van der Waals surface area contributed by atoms with Crippen LogP contribution in [0.15, 0.2) is 18.2 Å². The molecule has 4 N–H and O–H groups in total. The lowest BCUT2D eigenvalue weighted by molar-refractivity contribution is -0.123. The van der Waals surface area contributed by atoms with Gasteiger partial charge in [-0.05, 0) is 51.1 Å². The van der Waals surface area contributed by atoms with Crippen LogP contribution in [0.25, 0.3) is 0 Å². The van der Waals surface area contributed by atoms with Crippen LogP contribution < -0.4 is 16.2 Å². The highest BCUT2D eigenvalue weighted by molar-refractivity contribution is 5.76. The maximum Gasteiger partial charge on any atom is 0.220 e. The molecule has 1 aromatic carbocycles. The Labute approximate surface area is 119 Å². The van der Waals surface area contributed by atoms with Gasteiger partial charge in [-0.2, -0.15) is 0 Å². The summed E-state index contributed by atoms with van der Waals surface area (Å²) in [5.74, 6) is 0.737. The monoisotopic (exact) mass is 277 g/mol. The molecule has 1 aromatic rings. The first-order valence-corrected chi connectivity index (χ1v) is 7.13. The van der Waals surface area contributed by atoms with Gasteiger partial charge in [0.25, 0.3) is 0 Å². The number of carbonyl (C=O) groups excluding carboxylic acids is 1. The van der Waals surface area contributed by atoms with Gasteiger partial charge in [-0.25, -0.2) is 0 Å². The van der Waals surface area contributed by atoms with Crippen molar-refractivity contribution < 1.29 is 9.53 Å². The maximum absolute atomic E-state index is 11.2. The molecule has 1 saturated heterocycles. The summed E-state index contributed by atoms with van der Waals surface area (Å²) in [4.78, 5) is 13.5. The number of primary amides is 1. The van der Waals surface area contributed by atoms with Crippen molar-refractivity contribution in [1.82, 2.24) is 4.90 Å². The molecule has 2 rings (SSSR count). The van der Waals surface area contributed by atoms with E-state index in [0.717, 1.165) is 49.5 Å².